The molecular weight excluding hydrogens is 439 g/mol. The van der Waals surface area contributed by atoms with E-state index in [4.69, 9.17) is 23.2 Å². The molecule has 4 amide bonds. The van der Waals surface area contributed by atoms with Crippen molar-refractivity contribution in [2.45, 2.75) is 13.8 Å². The molecule has 0 unspecified atom stereocenters. The maximum Gasteiger partial charge on any atom is 0.335 e. The fraction of sp³-hybridized carbons (Fsp3) is 0.0909. The second kappa shape index (κ2) is 8.02. The van der Waals surface area contributed by atoms with Crippen LogP contribution in [0.1, 0.15) is 17.0 Å². The van der Waals surface area contributed by atoms with E-state index in [9.17, 15) is 14.4 Å². The number of aromatic nitrogens is 2. The standard InChI is InChI=1S/C22H16Cl2N4O3/c1-12-9-14(13(2)27(12)16-5-7-25-8-6-16)10-17-20(29)26-22(31)28(21(17)30)19-4-3-15(23)11-18(19)24/h3-11H,1-2H3,(H,26,29,31)/b17-10+. The molecule has 1 saturated heterocycles. The van der Waals surface area contributed by atoms with Gasteiger partial charge in [0.15, 0.2) is 0 Å². The number of amides is 4. The Bertz CT molecular complexity index is 1270. The van der Waals surface area contributed by atoms with Crippen LogP contribution in [0, 0.1) is 13.8 Å². The lowest BCUT2D eigenvalue weighted by molar-refractivity contribution is -0.122. The zero-order valence-corrected chi connectivity index (χ0v) is 18.0. The number of anilines is 1. The highest BCUT2D eigenvalue weighted by atomic mass is 35.5. The topological polar surface area (TPSA) is 84.3 Å². The third-order valence-corrected chi connectivity index (χ3v) is 5.48. The highest BCUT2D eigenvalue weighted by Gasteiger charge is 2.38. The van der Waals surface area contributed by atoms with Gasteiger partial charge in [-0.25, -0.2) is 9.69 Å². The van der Waals surface area contributed by atoms with E-state index in [1.165, 1.54) is 24.3 Å². The number of hydrogen-bond donors (Lipinski definition) is 1. The quantitative estimate of drug-likeness (QED) is 0.467. The van der Waals surface area contributed by atoms with E-state index in [0.717, 1.165) is 22.0 Å². The number of barbiturate groups is 1. The Morgan fingerprint density at radius 3 is 2.39 bits per heavy atom. The van der Waals surface area contributed by atoms with Crippen molar-refractivity contribution in [2.24, 2.45) is 0 Å². The maximum atomic E-state index is 13.1. The molecule has 31 heavy (non-hydrogen) atoms. The molecule has 2 aromatic heterocycles. The monoisotopic (exact) mass is 454 g/mol. The van der Waals surface area contributed by atoms with Gasteiger partial charge in [-0.3, -0.25) is 19.9 Å². The smallest absolute Gasteiger partial charge is 0.318 e. The van der Waals surface area contributed by atoms with Gasteiger partial charge in [0.05, 0.1) is 10.7 Å². The van der Waals surface area contributed by atoms with Crippen LogP contribution in [-0.4, -0.2) is 27.4 Å². The van der Waals surface area contributed by atoms with Crippen LogP contribution in [0.3, 0.4) is 0 Å². The zero-order chi connectivity index (χ0) is 22.3. The van der Waals surface area contributed by atoms with E-state index in [1.807, 2.05) is 36.6 Å². The van der Waals surface area contributed by atoms with Crippen molar-refractivity contribution in [1.29, 1.82) is 0 Å². The molecular formula is C22H16Cl2N4O3. The van der Waals surface area contributed by atoms with Crippen molar-refractivity contribution in [2.75, 3.05) is 4.90 Å². The van der Waals surface area contributed by atoms with Crippen molar-refractivity contribution in [3.05, 3.63) is 81.4 Å². The lowest BCUT2D eigenvalue weighted by Gasteiger charge is -2.27. The molecule has 0 saturated carbocycles. The largest absolute Gasteiger partial charge is 0.335 e. The lowest BCUT2D eigenvalue weighted by atomic mass is 10.1. The normalized spacial score (nSPS) is 15.5. The molecule has 1 aliphatic heterocycles. The van der Waals surface area contributed by atoms with Crippen LogP contribution in [0.4, 0.5) is 10.5 Å². The Morgan fingerprint density at radius 1 is 1.00 bits per heavy atom. The third-order valence-electron chi connectivity index (χ3n) is 4.94. The number of nitrogens with zero attached hydrogens (tertiary/aromatic N) is 3. The SMILES string of the molecule is Cc1cc(/C=C2\C(=O)NC(=O)N(c3ccc(Cl)cc3Cl)C2=O)c(C)n1-c1ccncc1. The summed E-state index contributed by atoms with van der Waals surface area (Å²) in [5, 5.41) is 2.66. The zero-order valence-electron chi connectivity index (χ0n) is 16.5. The van der Waals surface area contributed by atoms with Crippen molar-refractivity contribution < 1.29 is 14.4 Å². The summed E-state index contributed by atoms with van der Waals surface area (Å²) in [6.45, 7) is 3.80. The number of urea groups is 1. The summed E-state index contributed by atoms with van der Waals surface area (Å²) in [4.78, 5) is 42.9. The van der Waals surface area contributed by atoms with Crippen LogP contribution in [0.15, 0.2) is 54.4 Å². The van der Waals surface area contributed by atoms with Gasteiger partial charge in [0.2, 0.25) is 0 Å². The minimum Gasteiger partial charge on any atom is -0.318 e. The maximum absolute atomic E-state index is 13.1. The number of carbonyl (C=O) groups is 3. The van der Waals surface area contributed by atoms with Crippen molar-refractivity contribution in [3.8, 4) is 5.69 Å². The first-order chi connectivity index (χ1) is 14.8. The average Bonchev–Trinajstić information content (AvgIpc) is 3.00. The molecule has 3 heterocycles. The van der Waals surface area contributed by atoms with E-state index < -0.39 is 17.8 Å². The number of benzene rings is 1. The molecule has 0 spiro atoms. The summed E-state index contributed by atoms with van der Waals surface area (Å²) in [6.07, 6.45) is 4.84. The highest BCUT2D eigenvalue weighted by molar-refractivity contribution is 6.42. The summed E-state index contributed by atoms with van der Waals surface area (Å²) in [5.41, 5.74) is 3.26. The first-order valence-corrected chi connectivity index (χ1v) is 9.99. The molecule has 0 atom stereocenters. The lowest BCUT2D eigenvalue weighted by Crippen LogP contribution is -2.54. The van der Waals surface area contributed by atoms with E-state index >= 15 is 0 Å². The second-order valence-corrected chi connectivity index (χ2v) is 7.76. The Labute approximate surface area is 187 Å². The highest BCUT2D eigenvalue weighted by Crippen LogP contribution is 2.32. The Hall–Kier alpha value is -3.42. The first kappa shape index (κ1) is 20.8. The number of halogens is 2. The average molecular weight is 455 g/mol. The Balaban J connectivity index is 1.78. The minimum absolute atomic E-state index is 0.112. The van der Waals surface area contributed by atoms with Crippen LogP contribution in [0.2, 0.25) is 10.0 Å². The molecule has 7 nitrogen and oxygen atoms in total. The van der Waals surface area contributed by atoms with Crippen molar-refractivity contribution >= 4 is 52.8 Å². The van der Waals surface area contributed by atoms with E-state index in [0.29, 0.717) is 10.6 Å². The number of carbonyl (C=O) groups excluding carboxylic acids is 3. The van der Waals surface area contributed by atoms with Gasteiger partial charge in [-0.15, -0.1) is 0 Å². The molecule has 0 bridgehead atoms. The number of pyridine rings is 1. The summed E-state index contributed by atoms with van der Waals surface area (Å²) in [6, 6.07) is 9.08. The molecule has 1 aromatic carbocycles. The van der Waals surface area contributed by atoms with Gasteiger partial charge < -0.3 is 4.57 Å². The Kier molecular flexibility index (Phi) is 5.39. The fourth-order valence-corrected chi connectivity index (χ4v) is 4.01. The van der Waals surface area contributed by atoms with Crippen LogP contribution >= 0.6 is 23.2 Å². The van der Waals surface area contributed by atoms with Gasteiger partial charge in [0.1, 0.15) is 5.57 Å². The number of rotatable bonds is 3. The predicted octanol–water partition coefficient (Wildman–Crippen LogP) is 4.46. The number of imide groups is 2. The molecule has 9 heteroatoms. The summed E-state index contributed by atoms with van der Waals surface area (Å²) >= 11 is 12.1. The predicted molar refractivity (Wildman–Crippen MR) is 119 cm³/mol. The minimum atomic E-state index is -0.876. The summed E-state index contributed by atoms with van der Waals surface area (Å²) < 4.78 is 1.98. The molecule has 3 aromatic rings. The van der Waals surface area contributed by atoms with Crippen LogP contribution in [-0.2, 0) is 9.59 Å². The van der Waals surface area contributed by atoms with Gasteiger partial charge >= 0.3 is 6.03 Å². The van der Waals surface area contributed by atoms with Gasteiger partial charge in [-0.1, -0.05) is 23.2 Å². The Morgan fingerprint density at radius 2 is 1.71 bits per heavy atom. The molecule has 1 fully saturated rings. The van der Waals surface area contributed by atoms with Gasteiger partial charge in [-0.2, -0.15) is 0 Å². The van der Waals surface area contributed by atoms with Crippen LogP contribution < -0.4 is 10.2 Å². The van der Waals surface area contributed by atoms with Crippen LogP contribution in [0.25, 0.3) is 11.8 Å². The summed E-state index contributed by atoms with van der Waals surface area (Å²) in [7, 11) is 0. The van der Waals surface area contributed by atoms with Gasteiger partial charge in [0.25, 0.3) is 11.8 Å². The van der Waals surface area contributed by atoms with Gasteiger partial charge in [0, 0.05) is 34.5 Å². The number of aryl methyl sites for hydroxylation is 1. The first-order valence-electron chi connectivity index (χ1n) is 9.24. The third kappa shape index (κ3) is 3.73. The summed E-state index contributed by atoms with van der Waals surface area (Å²) in [5.74, 6) is -1.54. The molecule has 4 rings (SSSR count). The fourth-order valence-electron chi connectivity index (χ4n) is 3.52. The number of hydrogen-bond acceptors (Lipinski definition) is 4. The van der Waals surface area contributed by atoms with Crippen molar-refractivity contribution in [1.82, 2.24) is 14.9 Å². The second-order valence-electron chi connectivity index (χ2n) is 6.92. The molecule has 1 aliphatic rings. The molecule has 0 radical (unpaired) electrons. The van der Waals surface area contributed by atoms with E-state index in [1.54, 1.807) is 12.4 Å². The molecule has 1 N–H and O–H groups in total. The van der Waals surface area contributed by atoms with Crippen LogP contribution in [0.5, 0.6) is 0 Å². The van der Waals surface area contributed by atoms with Crippen molar-refractivity contribution in [3.63, 3.8) is 0 Å². The number of nitrogens with one attached hydrogen (secondary N) is 1. The molecule has 0 aliphatic carbocycles. The van der Waals surface area contributed by atoms with E-state index in [2.05, 4.69) is 10.3 Å². The van der Waals surface area contributed by atoms with E-state index in [-0.39, 0.29) is 16.3 Å². The molecule has 156 valence electrons. The van der Waals surface area contributed by atoms with Gasteiger partial charge in [-0.05, 0) is 61.9 Å².